The summed E-state index contributed by atoms with van der Waals surface area (Å²) in [5.41, 5.74) is 2.48. The first-order chi connectivity index (χ1) is 21.2. The van der Waals surface area contributed by atoms with E-state index in [0.717, 1.165) is 58.6 Å². The maximum Gasteiger partial charge on any atom is 0.266 e. The Hall–Kier alpha value is -5.59. The molecule has 0 aliphatic rings. The number of thiophene rings is 1. The van der Waals surface area contributed by atoms with Crippen LogP contribution < -0.4 is 11.1 Å². The van der Waals surface area contributed by atoms with Gasteiger partial charge in [-0.25, -0.2) is 9.55 Å². The van der Waals surface area contributed by atoms with Gasteiger partial charge in [-0.1, -0.05) is 54.6 Å². The summed E-state index contributed by atoms with van der Waals surface area (Å²) in [6, 6.07) is 39.6. The van der Waals surface area contributed by atoms with Gasteiger partial charge in [-0.15, -0.1) is 11.3 Å². The summed E-state index contributed by atoms with van der Waals surface area (Å²) in [5.74, 6) is 0. The van der Waals surface area contributed by atoms with Crippen molar-refractivity contribution in [1.82, 2.24) is 14.1 Å². The van der Waals surface area contributed by atoms with E-state index in [1.165, 1.54) is 4.57 Å². The molecule has 0 N–H and O–H groups in total. The van der Waals surface area contributed by atoms with Crippen LogP contribution in [0.2, 0.25) is 0 Å². The highest BCUT2D eigenvalue weighted by Gasteiger charge is 2.19. The van der Waals surface area contributed by atoms with Gasteiger partial charge in [0.1, 0.15) is 5.65 Å². The number of rotatable bonds is 2. The van der Waals surface area contributed by atoms with Crippen LogP contribution in [-0.4, -0.2) is 14.1 Å². The zero-order valence-corrected chi connectivity index (χ0v) is 23.5. The van der Waals surface area contributed by atoms with E-state index in [9.17, 15) is 9.59 Å². The van der Waals surface area contributed by atoms with Gasteiger partial charge >= 0.3 is 0 Å². The highest BCUT2D eigenvalue weighted by atomic mass is 32.1. The van der Waals surface area contributed by atoms with E-state index in [4.69, 9.17) is 4.98 Å². The number of pyridine rings is 1. The van der Waals surface area contributed by atoms with Crippen LogP contribution in [-0.2, 0) is 0 Å². The van der Waals surface area contributed by atoms with Crippen molar-refractivity contribution in [2.45, 2.75) is 0 Å². The Morgan fingerprint density at radius 2 is 1.07 bits per heavy atom. The Morgan fingerprint density at radius 3 is 1.84 bits per heavy atom. The van der Waals surface area contributed by atoms with Gasteiger partial charge in [0, 0.05) is 48.2 Å². The van der Waals surface area contributed by atoms with E-state index in [-0.39, 0.29) is 11.1 Å². The molecule has 4 heterocycles. The molecule has 0 unspecified atom stereocenters. The average molecular weight is 572 g/mol. The van der Waals surface area contributed by atoms with Crippen molar-refractivity contribution in [1.29, 1.82) is 0 Å². The number of fused-ring (bicyclic) bond motifs is 9. The fraction of sp³-hybridized carbons (Fsp3) is 0. The molecule has 4 aromatic heterocycles. The van der Waals surface area contributed by atoms with Crippen LogP contribution in [0.25, 0.3) is 75.0 Å². The van der Waals surface area contributed by atoms with Crippen molar-refractivity contribution < 1.29 is 0 Å². The van der Waals surface area contributed by atoms with Crippen molar-refractivity contribution in [3.63, 3.8) is 0 Å². The first kappa shape index (κ1) is 24.1. The monoisotopic (exact) mass is 571 g/mol. The fourth-order valence-corrected chi connectivity index (χ4v) is 7.57. The average Bonchev–Trinajstić information content (AvgIpc) is 3.56. The molecule has 0 fully saturated rings. The molecular weight excluding hydrogens is 550 g/mol. The molecule has 0 aliphatic heterocycles. The van der Waals surface area contributed by atoms with Crippen LogP contribution in [0, 0.1) is 0 Å². The summed E-state index contributed by atoms with van der Waals surface area (Å²) in [6.07, 6.45) is 1.79. The summed E-state index contributed by atoms with van der Waals surface area (Å²) in [6.45, 7) is 0. The first-order valence-corrected chi connectivity index (χ1v) is 14.9. The van der Waals surface area contributed by atoms with Crippen molar-refractivity contribution in [3.05, 3.63) is 148 Å². The van der Waals surface area contributed by atoms with Crippen molar-refractivity contribution in [2.75, 3.05) is 0 Å². The topological polar surface area (TPSA) is 56.9 Å². The van der Waals surface area contributed by atoms with Gasteiger partial charge in [-0.2, -0.15) is 0 Å². The normalized spacial score (nSPS) is 11.9. The molecule has 202 valence electrons. The summed E-state index contributed by atoms with van der Waals surface area (Å²) < 4.78 is 5.65. The minimum absolute atomic E-state index is 0.332. The fourth-order valence-electron chi connectivity index (χ4n) is 6.44. The van der Waals surface area contributed by atoms with Gasteiger partial charge in [0.15, 0.2) is 0 Å². The molecule has 0 saturated heterocycles. The molecule has 9 rings (SSSR count). The lowest BCUT2D eigenvalue weighted by Crippen LogP contribution is -2.28. The molecule has 6 heteroatoms. The summed E-state index contributed by atoms with van der Waals surface area (Å²) in [7, 11) is 0. The van der Waals surface area contributed by atoms with Gasteiger partial charge in [-0.3, -0.25) is 14.2 Å². The second-order valence-corrected chi connectivity index (χ2v) is 11.8. The maximum atomic E-state index is 14.5. The maximum absolute atomic E-state index is 14.5. The van der Waals surface area contributed by atoms with Gasteiger partial charge < -0.3 is 0 Å². The number of nitrogens with zero attached hydrogens (tertiary/aromatic N) is 3. The molecule has 0 radical (unpaired) electrons. The zero-order valence-electron chi connectivity index (χ0n) is 22.7. The number of para-hydroxylation sites is 2. The van der Waals surface area contributed by atoms with Crippen LogP contribution in [0.5, 0.6) is 0 Å². The number of aromatic nitrogens is 3. The molecule has 43 heavy (non-hydrogen) atoms. The number of benzene rings is 5. The van der Waals surface area contributed by atoms with Crippen LogP contribution in [0.4, 0.5) is 0 Å². The Bertz CT molecular complexity index is 2710. The molecule has 0 aliphatic carbocycles. The number of hydrogen-bond donors (Lipinski definition) is 0. The Labute approximate surface area is 248 Å². The molecule has 5 nitrogen and oxygen atoms in total. The highest BCUT2D eigenvalue weighted by molar-refractivity contribution is 7.25. The van der Waals surface area contributed by atoms with Gasteiger partial charge in [0.2, 0.25) is 0 Å². The standard InChI is InChI=1S/C37H21N3O2S/c41-36-30-19-29-24-14-7-8-16-33(24)43-34(29)21-27(30)26-18-28-25-15-9-17-38-35(25)39(22-10-3-1-4-11-22)32(28)20-31(26)37(42)40(36)23-12-5-2-6-13-23/h1-21H. The lowest BCUT2D eigenvalue weighted by atomic mass is 10.0. The van der Waals surface area contributed by atoms with Gasteiger partial charge in [0.25, 0.3) is 11.1 Å². The zero-order chi connectivity index (χ0) is 28.7. The molecular formula is C37H21N3O2S. The number of hydrogen-bond acceptors (Lipinski definition) is 4. The van der Waals surface area contributed by atoms with Crippen LogP contribution in [0.1, 0.15) is 0 Å². The predicted molar refractivity (Wildman–Crippen MR) is 178 cm³/mol. The lowest BCUT2D eigenvalue weighted by molar-refractivity contribution is 0.976. The highest BCUT2D eigenvalue weighted by Crippen LogP contribution is 2.39. The molecule has 9 aromatic rings. The van der Waals surface area contributed by atoms with Gasteiger partial charge in [-0.05, 0) is 77.5 Å². The molecule has 0 amide bonds. The Morgan fingerprint density at radius 1 is 0.465 bits per heavy atom. The quantitative estimate of drug-likeness (QED) is 0.209. The van der Waals surface area contributed by atoms with E-state index in [1.54, 1.807) is 17.5 Å². The Balaban J connectivity index is 1.56. The van der Waals surface area contributed by atoms with Crippen molar-refractivity contribution in [2.24, 2.45) is 0 Å². The molecule has 0 atom stereocenters. The van der Waals surface area contributed by atoms with E-state index in [0.29, 0.717) is 16.5 Å². The largest absolute Gasteiger partial charge is 0.294 e. The lowest BCUT2D eigenvalue weighted by Gasteiger charge is -2.07. The first-order valence-electron chi connectivity index (χ1n) is 14.1. The third kappa shape index (κ3) is 3.41. The smallest absolute Gasteiger partial charge is 0.266 e. The van der Waals surface area contributed by atoms with Crippen molar-refractivity contribution >= 4 is 75.0 Å². The van der Waals surface area contributed by atoms with E-state index in [1.807, 2.05) is 91.0 Å². The summed E-state index contributed by atoms with van der Waals surface area (Å²) in [4.78, 5) is 33.8. The predicted octanol–water partition coefficient (Wildman–Crippen LogP) is 8.36. The minimum atomic E-state index is -0.352. The third-order valence-electron chi connectivity index (χ3n) is 8.37. The summed E-state index contributed by atoms with van der Waals surface area (Å²) >= 11 is 1.70. The van der Waals surface area contributed by atoms with Crippen LogP contribution >= 0.6 is 11.3 Å². The van der Waals surface area contributed by atoms with E-state index < -0.39 is 0 Å². The van der Waals surface area contributed by atoms with Crippen LogP contribution in [0.3, 0.4) is 0 Å². The summed E-state index contributed by atoms with van der Waals surface area (Å²) in [5, 5.41) is 6.57. The van der Waals surface area contributed by atoms with E-state index >= 15 is 0 Å². The van der Waals surface area contributed by atoms with Crippen molar-refractivity contribution in [3.8, 4) is 11.4 Å². The van der Waals surface area contributed by atoms with E-state index in [2.05, 4.69) is 34.9 Å². The second-order valence-electron chi connectivity index (χ2n) is 10.7. The molecule has 0 bridgehead atoms. The van der Waals surface area contributed by atoms with Gasteiger partial charge in [0.05, 0.1) is 16.6 Å². The SMILES string of the molecule is O=c1c2cc3c(cc2c2cc4c5cccnc5n(-c5ccccc5)c4cc2c(=O)n1-c1ccccc1)sc1ccccc13. The van der Waals surface area contributed by atoms with Crippen LogP contribution in [0.15, 0.2) is 137 Å². The molecule has 5 aromatic carbocycles. The molecule has 0 spiro atoms. The second kappa shape index (κ2) is 8.95. The third-order valence-corrected chi connectivity index (χ3v) is 9.50. The molecule has 0 saturated carbocycles. The minimum Gasteiger partial charge on any atom is -0.294 e. The Kier molecular flexibility index (Phi) is 5.01.